The van der Waals surface area contributed by atoms with E-state index in [1.165, 1.54) is 36.4 Å². The van der Waals surface area contributed by atoms with Gasteiger partial charge in [-0.3, -0.25) is 0 Å². The van der Waals surface area contributed by atoms with E-state index in [9.17, 15) is 19.5 Å². The third kappa shape index (κ3) is 5.93. The molecule has 0 aliphatic carbocycles. The van der Waals surface area contributed by atoms with Gasteiger partial charge in [0.2, 0.25) is 6.10 Å². The van der Waals surface area contributed by atoms with Crippen LogP contribution in [0.1, 0.15) is 31.1 Å². The van der Waals surface area contributed by atoms with Crippen LogP contribution in [0, 0.1) is 0 Å². The van der Waals surface area contributed by atoms with Crippen LogP contribution in [-0.4, -0.2) is 53.8 Å². The quantitative estimate of drug-likeness (QED) is 0.160. The number of ether oxygens (including phenoxy) is 4. The lowest BCUT2D eigenvalue weighted by atomic mass is 10.1. The second-order valence-corrected chi connectivity index (χ2v) is 7.90. The van der Waals surface area contributed by atoms with Crippen molar-refractivity contribution >= 4 is 17.9 Å². The summed E-state index contributed by atoms with van der Waals surface area (Å²) in [4.78, 5) is 40.7. The number of aliphatic hydroxyl groups is 1. The number of rotatable bonds is 8. The van der Waals surface area contributed by atoms with Gasteiger partial charge in [0.1, 0.15) is 12.7 Å². The zero-order chi connectivity index (χ0) is 26.3. The first-order valence-corrected chi connectivity index (χ1v) is 11.1. The first-order chi connectivity index (χ1) is 17.9. The molecular weight excluding hydrogens is 482 g/mol. The molecule has 0 amide bonds. The van der Waals surface area contributed by atoms with Crippen LogP contribution in [0.2, 0.25) is 0 Å². The van der Waals surface area contributed by atoms with E-state index in [1.54, 1.807) is 54.6 Å². The molecule has 1 N–H and O–H groups in total. The van der Waals surface area contributed by atoms with Gasteiger partial charge in [-0.05, 0) is 47.0 Å². The molecule has 3 aromatic rings. The Kier molecular flexibility index (Phi) is 7.80. The van der Waals surface area contributed by atoms with Gasteiger partial charge in [-0.25, -0.2) is 14.4 Å². The van der Waals surface area contributed by atoms with Crippen LogP contribution in [-0.2, 0) is 18.9 Å². The van der Waals surface area contributed by atoms with E-state index in [-0.39, 0.29) is 16.7 Å². The molecule has 4 atom stereocenters. The lowest BCUT2D eigenvalue weighted by Gasteiger charge is -2.26. The molecule has 0 bridgehead atoms. The maximum atomic E-state index is 12.9. The Labute approximate surface area is 210 Å². The van der Waals surface area contributed by atoms with Crippen molar-refractivity contribution in [1.29, 1.82) is 0 Å². The Hall–Kier alpha value is -4.70. The summed E-state index contributed by atoms with van der Waals surface area (Å²) in [5.41, 5.74) is 9.58. The van der Waals surface area contributed by atoms with E-state index < -0.39 is 48.7 Å². The fourth-order valence-corrected chi connectivity index (χ4v) is 3.66. The summed E-state index contributed by atoms with van der Waals surface area (Å²) >= 11 is 0. The molecule has 1 heterocycles. The molecule has 0 saturated carbocycles. The van der Waals surface area contributed by atoms with Crippen LogP contribution >= 0.6 is 0 Å². The topological polar surface area (TPSA) is 157 Å². The van der Waals surface area contributed by atoms with Gasteiger partial charge in [-0.15, -0.1) is 0 Å². The molecule has 1 aliphatic rings. The van der Waals surface area contributed by atoms with Gasteiger partial charge in [-0.2, -0.15) is 0 Å². The average molecular weight is 503 g/mol. The van der Waals surface area contributed by atoms with E-state index in [0.29, 0.717) is 0 Å². The molecule has 188 valence electrons. The highest BCUT2D eigenvalue weighted by Gasteiger charge is 2.59. The SMILES string of the molecule is [N-]=[N+]=N[C@@]1(O)O[C@H](COC(=O)c2ccccc2)[C@@H](OC(=O)c2ccccc2)[C@H]1OC(=O)c1ccccc1. The van der Waals surface area contributed by atoms with Gasteiger partial charge < -0.3 is 24.1 Å². The number of carbonyl (C=O) groups is 3. The third-order valence-corrected chi connectivity index (χ3v) is 5.43. The number of carbonyl (C=O) groups excluding carboxylic acids is 3. The summed E-state index contributed by atoms with van der Waals surface area (Å²) in [6.07, 6.45) is -4.66. The number of nitrogens with zero attached hydrogens (tertiary/aromatic N) is 3. The minimum absolute atomic E-state index is 0.123. The summed E-state index contributed by atoms with van der Waals surface area (Å²) in [5, 5.41) is 14.3. The van der Waals surface area contributed by atoms with Crippen LogP contribution in [0.15, 0.2) is 96.1 Å². The number of benzene rings is 3. The van der Waals surface area contributed by atoms with Gasteiger partial charge in [0.05, 0.1) is 16.7 Å². The van der Waals surface area contributed by atoms with Crippen LogP contribution in [0.25, 0.3) is 10.4 Å². The molecule has 1 saturated heterocycles. The van der Waals surface area contributed by atoms with Crippen molar-refractivity contribution in [2.75, 3.05) is 6.61 Å². The highest BCUT2D eigenvalue weighted by molar-refractivity contribution is 5.91. The van der Waals surface area contributed by atoms with Gasteiger partial charge in [0, 0.05) is 4.91 Å². The number of esters is 3. The Morgan fingerprint density at radius 1 is 0.811 bits per heavy atom. The Balaban J connectivity index is 1.62. The first kappa shape index (κ1) is 25.4. The molecule has 0 aromatic heterocycles. The highest BCUT2D eigenvalue weighted by Crippen LogP contribution is 2.36. The first-order valence-electron chi connectivity index (χ1n) is 11.1. The number of hydrogen-bond donors (Lipinski definition) is 1. The predicted molar refractivity (Wildman–Crippen MR) is 127 cm³/mol. The Morgan fingerprint density at radius 2 is 1.27 bits per heavy atom. The smallest absolute Gasteiger partial charge is 0.338 e. The maximum absolute atomic E-state index is 12.9. The van der Waals surface area contributed by atoms with E-state index in [2.05, 4.69) is 10.0 Å². The maximum Gasteiger partial charge on any atom is 0.338 e. The molecule has 11 heteroatoms. The Bertz CT molecular complexity index is 1300. The van der Waals surface area contributed by atoms with Gasteiger partial charge >= 0.3 is 17.9 Å². The molecular formula is C26H21N3O8. The lowest BCUT2D eigenvalue weighted by molar-refractivity contribution is -0.225. The second-order valence-electron chi connectivity index (χ2n) is 7.90. The highest BCUT2D eigenvalue weighted by atomic mass is 16.7. The zero-order valence-corrected chi connectivity index (χ0v) is 19.2. The summed E-state index contributed by atoms with van der Waals surface area (Å²) in [6, 6.07) is 23.8. The van der Waals surface area contributed by atoms with E-state index in [0.717, 1.165) is 0 Å². The summed E-state index contributed by atoms with van der Waals surface area (Å²) < 4.78 is 21.8. The van der Waals surface area contributed by atoms with Crippen LogP contribution in [0.4, 0.5) is 0 Å². The van der Waals surface area contributed by atoms with E-state index in [4.69, 9.17) is 24.5 Å². The molecule has 4 rings (SSSR count). The minimum Gasteiger partial charge on any atom is -0.459 e. The zero-order valence-electron chi connectivity index (χ0n) is 19.2. The van der Waals surface area contributed by atoms with Crippen molar-refractivity contribution in [2.45, 2.75) is 24.2 Å². The Morgan fingerprint density at radius 3 is 1.76 bits per heavy atom. The molecule has 11 nitrogen and oxygen atoms in total. The van der Waals surface area contributed by atoms with E-state index in [1.807, 2.05) is 0 Å². The fraction of sp³-hybridized carbons (Fsp3) is 0.192. The summed E-state index contributed by atoms with van der Waals surface area (Å²) in [6.45, 7) is -0.525. The third-order valence-electron chi connectivity index (χ3n) is 5.43. The van der Waals surface area contributed by atoms with Crippen molar-refractivity contribution < 1.29 is 38.4 Å². The average Bonchev–Trinajstić information content (AvgIpc) is 3.18. The van der Waals surface area contributed by atoms with Crippen LogP contribution in [0.5, 0.6) is 0 Å². The largest absolute Gasteiger partial charge is 0.459 e. The number of azide groups is 1. The lowest BCUT2D eigenvalue weighted by Crippen LogP contribution is -2.46. The second kappa shape index (κ2) is 11.4. The van der Waals surface area contributed by atoms with Gasteiger partial charge in [0.25, 0.3) is 5.91 Å². The van der Waals surface area contributed by atoms with Crippen molar-refractivity contribution in [3.8, 4) is 0 Å². The van der Waals surface area contributed by atoms with Crippen molar-refractivity contribution in [3.63, 3.8) is 0 Å². The molecule has 1 fully saturated rings. The van der Waals surface area contributed by atoms with Crippen LogP contribution < -0.4 is 0 Å². The summed E-state index contributed by atoms with van der Waals surface area (Å²) in [5.74, 6) is -5.21. The standard InChI is InChI=1S/C26H21N3O8/c27-29-28-26(33)22(36-25(32)19-14-8-3-9-15-19)21(35-24(31)18-12-6-2-7-13-18)20(37-26)16-34-23(30)17-10-4-1-5-11-17/h1-15,20-22,33H,16H2/t20-,21-,22-,26+/m1/s1. The van der Waals surface area contributed by atoms with Crippen molar-refractivity contribution in [3.05, 3.63) is 118 Å². The van der Waals surface area contributed by atoms with E-state index >= 15 is 0 Å². The molecule has 0 unspecified atom stereocenters. The predicted octanol–water partition coefficient (Wildman–Crippen LogP) is 3.65. The molecule has 0 radical (unpaired) electrons. The molecule has 3 aromatic carbocycles. The minimum atomic E-state index is -2.76. The number of hydrogen-bond acceptors (Lipinski definition) is 9. The van der Waals surface area contributed by atoms with Gasteiger partial charge in [0.15, 0.2) is 6.10 Å². The molecule has 37 heavy (non-hydrogen) atoms. The molecule has 1 aliphatic heterocycles. The van der Waals surface area contributed by atoms with Crippen molar-refractivity contribution in [2.24, 2.45) is 5.11 Å². The molecule has 0 spiro atoms. The van der Waals surface area contributed by atoms with Gasteiger partial charge in [-0.1, -0.05) is 54.6 Å². The van der Waals surface area contributed by atoms with Crippen LogP contribution in [0.3, 0.4) is 0 Å². The monoisotopic (exact) mass is 503 g/mol. The van der Waals surface area contributed by atoms with Crippen molar-refractivity contribution in [1.82, 2.24) is 0 Å². The summed E-state index contributed by atoms with van der Waals surface area (Å²) in [7, 11) is 0. The fourth-order valence-electron chi connectivity index (χ4n) is 3.66. The normalized spacial score (nSPS) is 22.4.